The van der Waals surface area contributed by atoms with Crippen LogP contribution in [0.2, 0.25) is 0 Å². The molecule has 0 saturated carbocycles. The molecule has 3 N–H and O–H groups in total. The Morgan fingerprint density at radius 1 is 1.44 bits per heavy atom. The van der Waals surface area contributed by atoms with Crippen molar-refractivity contribution in [2.24, 2.45) is 0 Å². The van der Waals surface area contributed by atoms with E-state index in [-0.39, 0.29) is 5.69 Å². The Labute approximate surface area is 106 Å². The number of nitro groups is 1. The van der Waals surface area contributed by atoms with Gasteiger partial charge in [0.2, 0.25) is 0 Å². The van der Waals surface area contributed by atoms with Crippen LogP contribution in [0.3, 0.4) is 0 Å². The smallest absolute Gasteiger partial charge is 0.312 e. The summed E-state index contributed by atoms with van der Waals surface area (Å²) in [5, 5.41) is 13.9. The molecule has 0 amide bonds. The first-order chi connectivity index (χ1) is 8.60. The molecule has 0 unspecified atom stereocenters. The summed E-state index contributed by atoms with van der Waals surface area (Å²) in [6, 6.07) is 0. The molecule has 100 valence electrons. The predicted molar refractivity (Wildman–Crippen MR) is 71.6 cm³/mol. The van der Waals surface area contributed by atoms with Crippen molar-refractivity contribution in [2.45, 2.75) is 13.8 Å². The SMILES string of the molecule is CCN(CC)CCNc1c(N)cncc1[N+](=O)[O-]. The number of likely N-dealkylation sites (N-methyl/N-ethyl adjacent to an activating group) is 1. The molecule has 0 aromatic carbocycles. The van der Waals surface area contributed by atoms with Crippen LogP contribution in [-0.4, -0.2) is 41.0 Å². The van der Waals surface area contributed by atoms with Crippen molar-refractivity contribution in [3.63, 3.8) is 0 Å². The average Bonchev–Trinajstić information content (AvgIpc) is 2.36. The fraction of sp³-hybridized carbons (Fsp3) is 0.545. The zero-order chi connectivity index (χ0) is 13.5. The molecule has 0 aliphatic carbocycles. The van der Waals surface area contributed by atoms with Gasteiger partial charge >= 0.3 is 5.69 Å². The van der Waals surface area contributed by atoms with Gasteiger partial charge in [-0.1, -0.05) is 13.8 Å². The molecule has 18 heavy (non-hydrogen) atoms. The molecule has 0 spiro atoms. The number of pyridine rings is 1. The minimum Gasteiger partial charge on any atom is -0.396 e. The normalized spacial score (nSPS) is 10.6. The summed E-state index contributed by atoms with van der Waals surface area (Å²) in [4.78, 5) is 16.3. The molecule has 0 radical (unpaired) electrons. The summed E-state index contributed by atoms with van der Waals surface area (Å²) in [7, 11) is 0. The van der Waals surface area contributed by atoms with Gasteiger partial charge in [0, 0.05) is 13.1 Å². The molecule has 1 aromatic rings. The second-order valence-electron chi connectivity index (χ2n) is 3.83. The van der Waals surface area contributed by atoms with Crippen molar-refractivity contribution >= 4 is 17.1 Å². The van der Waals surface area contributed by atoms with Crippen LogP contribution in [0.5, 0.6) is 0 Å². The Bertz CT molecular complexity index is 406. The molecule has 1 rings (SSSR count). The van der Waals surface area contributed by atoms with E-state index in [0.717, 1.165) is 19.6 Å². The Balaban J connectivity index is 2.69. The lowest BCUT2D eigenvalue weighted by Gasteiger charge is -2.18. The van der Waals surface area contributed by atoms with E-state index < -0.39 is 4.92 Å². The fourth-order valence-electron chi connectivity index (χ4n) is 1.68. The number of nitrogens with one attached hydrogen (secondary N) is 1. The molecular weight excluding hydrogens is 234 g/mol. The number of hydrogen-bond donors (Lipinski definition) is 2. The van der Waals surface area contributed by atoms with Gasteiger partial charge < -0.3 is 16.0 Å². The van der Waals surface area contributed by atoms with E-state index in [1.807, 2.05) is 0 Å². The highest BCUT2D eigenvalue weighted by atomic mass is 16.6. The molecule has 0 aliphatic heterocycles. The standard InChI is InChI=1S/C11H19N5O2/c1-3-15(4-2)6-5-14-11-9(12)7-13-8-10(11)16(17)18/h7-8H,3-6,12H2,1-2H3,(H,13,14). The van der Waals surface area contributed by atoms with Crippen LogP contribution in [0.15, 0.2) is 12.4 Å². The Hall–Kier alpha value is -1.89. The van der Waals surface area contributed by atoms with E-state index in [9.17, 15) is 10.1 Å². The molecule has 0 bridgehead atoms. The molecule has 0 aliphatic rings. The summed E-state index contributed by atoms with van der Waals surface area (Å²) < 4.78 is 0. The van der Waals surface area contributed by atoms with Crippen molar-refractivity contribution in [3.05, 3.63) is 22.5 Å². The lowest BCUT2D eigenvalue weighted by molar-refractivity contribution is -0.384. The zero-order valence-corrected chi connectivity index (χ0v) is 10.7. The first-order valence-corrected chi connectivity index (χ1v) is 5.94. The predicted octanol–water partition coefficient (Wildman–Crippen LogP) is 1.33. The van der Waals surface area contributed by atoms with Crippen LogP contribution < -0.4 is 11.1 Å². The Morgan fingerprint density at radius 3 is 2.67 bits per heavy atom. The number of nitrogens with two attached hydrogens (primary N) is 1. The molecule has 1 heterocycles. The van der Waals surface area contributed by atoms with Gasteiger partial charge in [-0.2, -0.15) is 0 Å². The second-order valence-corrected chi connectivity index (χ2v) is 3.83. The number of nitrogens with zero attached hydrogens (tertiary/aromatic N) is 3. The Morgan fingerprint density at radius 2 is 2.11 bits per heavy atom. The van der Waals surface area contributed by atoms with Gasteiger partial charge in [-0.15, -0.1) is 0 Å². The van der Waals surface area contributed by atoms with Gasteiger partial charge in [0.05, 0.1) is 16.8 Å². The van der Waals surface area contributed by atoms with E-state index in [0.29, 0.717) is 17.9 Å². The van der Waals surface area contributed by atoms with Gasteiger partial charge in [0.25, 0.3) is 0 Å². The maximum atomic E-state index is 10.8. The monoisotopic (exact) mass is 253 g/mol. The quantitative estimate of drug-likeness (QED) is 0.562. The van der Waals surface area contributed by atoms with Crippen LogP contribution in [0.1, 0.15) is 13.8 Å². The van der Waals surface area contributed by atoms with Gasteiger partial charge in [0.1, 0.15) is 11.9 Å². The second kappa shape index (κ2) is 6.75. The largest absolute Gasteiger partial charge is 0.396 e. The van der Waals surface area contributed by atoms with Crippen molar-refractivity contribution < 1.29 is 4.92 Å². The van der Waals surface area contributed by atoms with Crippen LogP contribution in [0.4, 0.5) is 17.1 Å². The highest BCUT2D eigenvalue weighted by Crippen LogP contribution is 2.28. The maximum absolute atomic E-state index is 10.8. The number of nitrogen functional groups attached to an aromatic ring is 1. The topological polar surface area (TPSA) is 97.3 Å². The highest BCUT2D eigenvalue weighted by Gasteiger charge is 2.16. The summed E-state index contributed by atoms with van der Waals surface area (Å²) in [6.07, 6.45) is 2.61. The van der Waals surface area contributed by atoms with E-state index in [1.165, 1.54) is 12.4 Å². The minimum atomic E-state index is -0.483. The first kappa shape index (κ1) is 14.2. The third-order valence-electron chi connectivity index (χ3n) is 2.78. The Kier molecular flexibility index (Phi) is 5.31. The first-order valence-electron chi connectivity index (χ1n) is 5.94. The van der Waals surface area contributed by atoms with Crippen molar-refractivity contribution in [1.29, 1.82) is 0 Å². The average molecular weight is 253 g/mol. The van der Waals surface area contributed by atoms with E-state index in [2.05, 4.69) is 29.0 Å². The van der Waals surface area contributed by atoms with Crippen molar-refractivity contribution in [2.75, 3.05) is 37.2 Å². The number of anilines is 2. The molecule has 7 nitrogen and oxygen atoms in total. The third-order valence-corrected chi connectivity index (χ3v) is 2.78. The van der Waals surface area contributed by atoms with Crippen LogP contribution in [0.25, 0.3) is 0 Å². The third kappa shape index (κ3) is 3.56. The van der Waals surface area contributed by atoms with Gasteiger partial charge in [0.15, 0.2) is 0 Å². The molecule has 0 saturated heterocycles. The number of rotatable bonds is 7. The fourth-order valence-corrected chi connectivity index (χ4v) is 1.68. The summed E-state index contributed by atoms with van der Waals surface area (Å²) in [5.41, 5.74) is 6.25. The molecule has 0 atom stereocenters. The van der Waals surface area contributed by atoms with Crippen LogP contribution >= 0.6 is 0 Å². The molecule has 7 heteroatoms. The minimum absolute atomic E-state index is 0.0884. The van der Waals surface area contributed by atoms with Gasteiger partial charge in [-0.3, -0.25) is 15.1 Å². The van der Waals surface area contributed by atoms with Crippen LogP contribution in [-0.2, 0) is 0 Å². The highest BCUT2D eigenvalue weighted by molar-refractivity contribution is 5.75. The lowest BCUT2D eigenvalue weighted by atomic mass is 10.3. The van der Waals surface area contributed by atoms with Crippen molar-refractivity contribution in [3.8, 4) is 0 Å². The summed E-state index contributed by atoms with van der Waals surface area (Å²) >= 11 is 0. The van der Waals surface area contributed by atoms with Gasteiger partial charge in [-0.25, -0.2) is 0 Å². The molecule has 0 fully saturated rings. The summed E-state index contributed by atoms with van der Waals surface area (Å²) in [5.74, 6) is 0. The van der Waals surface area contributed by atoms with E-state index in [4.69, 9.17) is 5.73 Å². The maximum Gasteiger partial charge on any atom is 0.312 e. The van der Waals surface area contributed by atoms with Gasteiger partial charge in [-0.05, 0) is 13.1 Å². The summed E-state index contributed by atoms with van der Waals surface area (Å²) in [6.45, 7) is 7.47. The zero-order valence-electron chi connectivity index (χ0n) is 10.7. The molecule has 1 aromatic heterocycles. The molecular formula is C11H19N5O2. The number of hydrogen-bond acceptors (Lipinski definition) is 6. The lowest BCUT2D eigenvalue weighted by Crippen LogP contribution is -2.28. The number of aromatic nitrogens is 1. The van der Waals surface area contributed by atoms with E-state index >= 15 is 0 Å². The van der Waals surface area contributed by atoms with E-state index in [1.54, 1.807) is 0 Å². The van der Waals surface area contributed by atoms with Crippen molar-refractivity contribution in [1.82, 2.24) is 9.88 Å². The van der Waals surface area contributed by atoms with Crippen LogP contribution in [0, 0.1) is 10.1 Å².